The minimum Gasteiger partial charge on any atom is -0.357 e. The molecule has 6 unspecified atom stereocenters. The van der Waals surface area contributed by atoms with E-state index >= 15 is 0 Å². The number of allylic oxidation sites excluding steroid dienone is 15. The second-order valence-electron chi connectivity index (χ2n) is 16.4. The zero-order valence-corrected chi connectivity index (χ0v) is 33.1. The number of hydrogen-bond donors (Lipinski definition) is 1. The van der Waals surface area contributed by atoms with E-state index in [4.69, 9.17) is 9.98 Å². The Hall–Kier alpha value is -5.52. The number of fused-ring (bicyclic) bond motifs is 7. The highest BCUT2D eigenvalue weighted by molar-refractivity contribution is 7.19. The fourth-order valence-electron chi connectivity index (χ4n) is 10.5. The van der Waals surface area contributed by atoms with E-state index in [1.165, 1.54) is 54.9 Å². The summed E-state index contributed by atoms with van der Waals surface area (Å²) in [5.41, 5.74) is 10.9. The van der Waals surface area contributed by atoms with Crippen molar-refractivity contribution in [3.8, 4) is 0 Å². The smallest absolute Gasteiger partial charge is 0.171 e. The number of benzene rings is 2. The molecule has 6 atom stereocenters. The Morgan fingerprint density at radius 3 is 2.54 bits per heavy atom. The van der Waals surface area contributed by atoms with E-state index < -0.39 is 0 Å². The van der Waals surface area contributed by atoms with Gasteiger partial charge in [-0.25, -0.2) is 9.98 Å². The van der Waals surface area contributed by atoms with Crippen LogP contribution in [0, 0.1) is 11.8 Å². The third-order valence-electron chi connectivity index (χ3n) is 13.2. The van der Waals surface area contributed by atoms with Gasteiger partial charge in [0, 0.05) is 44.2 Å². The molecule has 1 aromatic heterocycles. The van der Waals surface area contributed by atoms with Crippen LogP contribution in [0.3, 0.4) is 0 Å². The van der Waals surface area contributed by atoms with Crippen LogP contribution in [0.2, 0.25) is 0 Å². The van der Waals surface area contributed by atoms with Crippen LogP contribution in [0.25, 0.3) is 16.2 Å². The number of hydrogen-bond acceptors (Lipinski definition) is 5. The first-order valence-electron chi connectivity index (χ1n) is 21.1. The molecule has 5 heteroatoms. The van der Waals surface area contributed by atoms with E-state index in [9.17, 15) is 0 Å². The van der Waals surface area contributed by atoms with Crippen molar-refractivity contribution in [2.75, 3.05) is 0 Å². The summed E-state index contributed by atoms with van der Waals surface area (Å²) in [6.07, 6.45) is 46.3. The van der Waals surface area contributed by atoms with Gasteiger partial charge < -0.3 is 10.2 Å². The lowest BCUT2D eigenvalue weighted by Gasteiger charge is -2.37. The predicted molar refractivity (Wildman–Crippen MR) is 239 cm³/mol. The van der Waals surface area contributed by atoms with Crippen LogP contribution in [-0.2, 0) is 0 Å². The molecule has 1 N–H and O–H groups in total. The van der Waals surface area contributed by atoms with Crippen molar-refractivity contribution < 1.29 is 0 Å². The lowest BCUT2D eigenvalue weighted by atomic mass is 9.78. The molecule has 0 amide bonds. The molecule has 0 bridgehead atoms. The van der Waals surface area contributed by atoms with Gasteiger partial charge >= 0.3 is 0 Å². The SMILES string of the molecule is C1=CCCC(C2CC=CC=C2C2=CC=C(N3C4CC=CC=C4C4c5sc6ccccc6c5C=CC43)C(C3N=C(c4ccccc4)NC(C4C=CCCC4)=N3)=CC2)=C1. The minimum atomic E-state index is -0.369. The molecule has 4 nitrogen and oxygen atoms in total. The van der Waals surface area contributed by atoms with E-state index in [0.717, 1.165) is 62.2 Å². The molecule has 1 saturated heterocycles. The molecule has 6 aliphatic carbocycles. The van der Waals surface area contributed by atoms with Gasteiger partial charge in [-0.3, -0.25) is 0 Å². The normalized spacial score (nSPS) is 28.7. The largest absolute Gasteiger partial charge is 0.357 e. The molecule has 8 aliphatic rings. The summed E-state index contributed by atoms with van der Waals surface area (Å²) in [4.78, 5) is 15.4. The fraction of sp³-hybridized carbons (Fsp3) is 0.269. The molecule has 57 heavy (non-hydrogen) atoms. The Kier molecular flexibility index (Phi) is 8.99. The molecule has 0 radical (unpaired) electrons. The van der Waals surface area contributed by atoms with Gasteiger partial charge in [-0.2, -0.15) is 0 Å². The summed E-state index contributed by atoms with van der Waals surface area (Å²) >= 11 is 1.99. The van der Waals surface area contributed by atoms with E-state index in [1.54, 1.807) is 5.57 Å². The van der Waals surface area contributed by atoms with Gasteiger partial charge in [0.2, 0.25) is 0 Å². The average Bonchev–Trinajstić information content (AvgIpc) is 3.74. The Labute approximate surface area is 340 Å². The predicted octanol–water partition coefficient (Wildman–Crippen LogP) is 12.0. The Morgan fingerprint density at radius 2 is 1.65 bits per heavy atom. The molecule has 1 fully saturated rings. The van der Waals surface area contributed by atoms with E-state index in [-0.39, 0.29) is 24.2 Å². The summed E-state index contributed by atoms with van der Waals surface area (Å²) in [6, 6.07) is 20.1. The maximum atomic E-state index is 5.59. The molecule has 3 aromatic rings. The zero-order valence-electron chi connectivity index (χ0n) is 32.3. The van der Waals surface area contributed by atoms with Gasteiger partial charge in [0.1, 0.15) is 11.7 Å². The van der Waals surface area contributed by atoms with Gasteiger partial charge in [-0.05, 0) is 91.2 Å². The van der Waals surface area contributed by atoms with E-state index in [2.05, 4.69) is 162 Å². The van der Waals surface area contributed by atoms with Crippen LogP contribution in [0.4, 0.5) is 0 Å². The van der Waals surface area contributed by atoms with Crippen molar-refractivity contribution in [2.24, 2.45) is 21.8 Å². The summed E-state index contributed by atoms with van der Waals surface area (Å²) in [6.45, 7) is 0. The van der Waals surface area contributed by atoms with Crippen LogP contribution in [0.5, 0.6) is 0 Å². The number of likely N-dealkylation sites (tertiary alicyclic amines) is 1. The fourth-order valence-corrected chi connectivity index (χ4v) is 11.8. The second-order valence-corrected chi connectivity index (χ2v) is 17.5. The summed E-state index contributed by atoms with van der Waals surface area (Å²) in [5.74, 6) is 2.91. The van der Waals surface area contributed by atoms with E-state index in [1.807, 2.05) is 11.3 Å². The first-order chi connectivity index (χ1) is 28.3. The number of nitrogens with zero attached hydrogens (tertiary/aromatic N) is 3. The van der Waals surface area contributed by atoms with Crippen molar-refractivity contribution in [2.45, 2.75) is 75.5 Å². The average molecular weight is 761 g/mol. The van der Waals surface area contributed by atoms with Crippen molar-refractivity contribution in [3.05, 3.63) is 195 Å². The lowest BCUT2D eigenvalue weighted by molar-refractivity contribution is 0.289. The van der Waals surface area contributed by atoms with Crippen molar-refractivity contribution in [1.29, 1.82) is 0 Å². The van der Waals surface area contributed by atoms with Gasteiger partial charge in [0.05, 0.1) is 12.1 Å². The molecule has 0 spiro atoms. The Morgan fingerprint density at radius 1 is 0.772 bits per heavy atom. The molecule has 2 aromatic carbocycles. The molecule has 0 saturated carbocycles. The minimum absolute atomic E-state index is 0.194. The van der Waals surface area contributed by atoms with Gasteiger partial charge in [-0.1, -0.05) is 145 Å². The van der Waals surface area contributed by atoms with Gasteiger partial charge in [0.15, 0.2) is 6.17 Å². The Bertz CT molecular complexity index is 2540. The molecule has 11 rings (SSSR count). The van der Waals surface area contributed by atoms with Crippen LogP contribution in [0.1, 0.15) is 73.3 Å². The monoisotopic (exact) mass is 760 g/mol. The first kappa shape index (κ1) is 34.7. The second kappa shape index (κ2) is 14.8. The molecule has 3 heterocycles. The molecule has 2 aliphatic heterocycles. The van der Waals surface area contributed by atoms with Crippen molar-refractivity contribution in [1.82, 2.24) is 10.2 Å². The number of amidine groups is 2. The van der Waals surface area contributed by atoms with E-state index in [0.29, 0.717) is 11.8 Å². The number of thiophene rings is 1. The van der Waals surface area contributed by atoms with Gasteiger partial charge in [0.25, 0.3) is 0 Å². The maximum Gasteiger partial charge on any atom is 0.171 e. The van der Waals surface area contributed by atoms with Crippen molar-refractivity contribution in [3.63, 3.8) is 0 Å². The maximum absolute atomic E-state index is 5.59. The highest BCUT2D eigenvalue weighted by Crippen LogP contribution is 2.55. The summed E-state index contributed by atoms with van der Waals surface area (Å²) in [7, 11) is 0. The van der Waals surface area contributed by atoms with Crippen LogP contribution >= 0.6 is 11.3 Å². The first-order valence-corrected chi connectivity index (χ1v) is 21.9. The number of nitrogens with one attached hydrogen (secondary N) is 1. The molecular weight excluding hydrogens is 713 g/mol. The van der Waals surface area contributed by atoms with Crippen LogP contribution in [0.15, 0.2) is 189 Å². The quantitative estimate of drug-likeness (QED) is 0.254. The summed E-state index contributed by atoms with van der Waals surface area (Å²) < 4.78 is 1.38. The molecular formula is C52H48N4S. The van der Waals surface area contributed by atoms with Gasteiger partial charge in [-0.15, -0.1) is 11.3 Å². The number of aliphatic imine (C=N–C) groups is 2. The molecule has 282 valence electrons. The highest BCUT2D eigenvalue weighted by atomic mass is 32.1. The number of rotatable bonds is 6. The standard InChI is InChI=1S/C52H48N4S/c1-4-16-34(17-5-1)38-22-10-11-23-39(38)35-28-30-43(52-54-50(36-18-6-2-7-19-36)53-51(55-52)37-20-8-3-9-21-37)45(32-29-35)56-44-26-14-12-25-42(44)48-46(56)33-31-41-40-24-13-15-27-47(40)57-49(41)48/h1-2,4,6-8,10-16,18-20,23-25,27,29-33,37-38,44,46,48,52H,3,5,9,17,21-22,26,28H2,(H,53,54,55). The lowest BCUT2D eigenvalue weighted by Crippen LogP contribution is -2.43. The third kappa shape index (κ3) is 6.19. The third-order valence-corrected chi connectivity index (χ3v) is 14.5. The zero-order chi connectivity index (χ0) is 37.7. The topological polar surface area (TPSA) is 40.0 Å². The van der Waals surface area contributed by atoms with Crippen LogP contribution < -0.4 is 5.32 Å². The Balaban J connectivity index is 1.07. The summed E-state index contributed by atoms with van der Waals surface area (Å²) in [5, 5.41) is 5.12. The highest BCUT2D eigenvalue weighted by Gasteiger charge is 2.49. The van der Waals surface area contributed by atoms with Crippen LogP contribution in [-0.4, -0.2) is 34.8 Å². The van der Waals surface area contributed by atoms with Crippen molar-refractivity contribution >= 4 is 39.2 Å².